The summed E-state index contributed by atoms with van der Waals surface area (Å²) in [6.45, 7) is 5.12. The third kappa shape index (κ3) is 4.99. The van der Waals surface area contributed by atoms with E-state index in [9.17, 15) is 10.2 Å². The number of aromatic nitrogens is 5. The first kappa shape index (κ1) is 22.2. The minimum Gasteiger partial charge on any atom is -0.396 e. The van der Waals surface area contributed by atoms with E-state index in [4.69, 9.17) is 5.11 Å². The van der Waals surface area contributed by atoms with Crippen molar-refractivity contribution in [2.75, 3.05) is 24.2 Å². The number of thioether (sulfide) groups is 1. The monoisotopic (exact) mass is 424 g/mol. The molecule has 162 valence electrons. The lowest BCUT2D eigenvalue weighted by Crippen LogP contribution is -2.30. The van der Waals surface area contributed by atoms with Crippen molar-refractivity contribution in [3.63, 3.8) is 0 Å². The Labute approximate surface area is 175 Å². The number of nitrogens with zero attached hydrogens (tertiary/aromatic N) is 5. The molecule has 1 saturated carbocycles. The highest BCUT2D eigenvalue weighted by Gasteiger charge is 2.43. The van der Waals surface area contributed by atoms with Crippen LogP contribution in [-0.2, 0) is 0 Å². The van der Waals surface area contributed by atoms with Crippen molar-refractivity contribution >= 4 is 28.7 Å². The van der Waals surface area contributed by atoms with Gasteiger partial charge in [0.05, 0.1) is 12.1 Å². The van der Waals surface area contributed by atoms with Crippen LogP contribution in [-0.4, -0.2) is 71.4 Å². The lowest BCUT2D eigenvalue weighted by atomic mass is 9.99. The number of anilines is 1. The molecule has 0 bridgehead atoms. The molecular weight excluding hydrogens is 392 g/mol. The van der Waals surface area contributed by atoms with Gasteiger partial charge >= 0.3 is 0 Å². The van der Waals surface area contributed by atoms with Crippen LogP contribution in [0.1, 0.15) is 58.4 Å². The zero-order chi connectivity index (χ0) is 20.8. The van der Waals surface area contributed by atoms with Crippen LogP contribution in [0, 0.1) is 5.92 Å². The van der Waals surface area contributed by atoms with Crippen molar-refractivity contribution in [1.29, 1.82) is 0 Å². The smallest absolute Gasteiger partial charge is 0.191 e. The highest BCUT2D eigenvalue weighted by molar-refractivity contribution is 7.99. The lowest BCUT2D eigenvalue weighted by Gasteiger charge is -2.17. The maximum Gasteiger partial charge on any atom is 0.191 e. The Morgan fingerprint density at radius 3 is 2.69 bits per heavy atom. The normalized spacial score (nSPS) is 24.4. The molecule has 3 rings (SSSR count). The van der Waals surface area contributed by atoms with E-state index >= 15 is 0 Å². The number of rotatable bonds is 11. The van der Waals surface area contributed by atoms with Crippen LogP contribution in [0.15, 0.2) is 5.16 Å². The Hall–Kier alpha value is -1.49. The topological polar surface area (TPSA) is 129 Å². The van der Waals surface area contributed by atoms with Gasteiger partial charge in [-0.05, 0) is 38.0 Å². The molecule has 1 aliphatic carbocycles. The summed E-state index contributed by atoms with van der Waals surface area (Å²) < 4.78 is 1.64. The first-order valence-corrected chi connectivity index (χ1v) is 11.6. The Balaban J connectivity index is 1.92. The van der Waals surface area contributed by atoms with Gasteiger partial charge in [-0.2, -0.15) is 0 Å². The van der Waals surface area contributed by atoms with Gasteiger partial charge in [-0.1, -0.05) is 37.2 Å². The van der Waals surface area contributed by atoms with E-state index in [-0.39, 0.29) is 12.5 Å². The molecule has 2 heterocycles. The molecule has 1 fully saturated rings. The Bertz CT molecular complexity index is 789. The van der Waals surface area contributed by atoms with Crippen LogP contribution in [0.5, 0.6) is 0 Å². The fourth-order valence-electron chi connectivity index (χ4n) is 3.78. The van der Waals surface area contributed by atoms with Gasteiger partial charge < -0.3 is 20.6 Å². The summed E-state index contributed by atoms with van der Waals surface area (Å²) in [6, 6.07) is -0.402. The zero-order valence-corrected chi connectivity index (χ0v) is 18.0. The first-order chi connectivity index (χ1) is 14.1. The predicted octanol–water partition coefficient (Wildman–Crippen LogP) is 1.99. The van der Waals surface area contributed by atoms with Crippen LogP contribution < -0.4 is 5.32 Å². The SMILES string of the molecule is CCCCNc1nc(SCCC)nc2c1nnn2C1CC(CCCO)C(O)C1O. The fraction of sp³-hybridized carbons (Fsp3) is 0.789. The van der Waals surface area contributed by atoms with E-state index < -0.39 is 18.2 Å². The molecular formula is C19H32N6O3S. The number of hydrogen-bond acceptors (Lipinski definition) is 9. The van der Waals surface area contributed by atoms with Gasteiger partial charge in [0.1, 0.15) is 6.10 Å². The maximum absolute atomic E-state index is 10.6. The van der Waals surface area contributed by atoms with Gasteiger partial charge in [-0.25, -0.2) is 14.6 Å². The van der Waals surface area contributed by atoms with E-state index in [1.165, 1.54) is 0 Å². The standard InChI is InChI=1S/C19H32N6O3S/c1-3-5-8-20-17-14-18(22-19(21-17)29-10-4-2)25(24-23-14)13-11-12(7-6-9-26)15(27)16(13)28/h12-13,15-16,26-28H,3-11H2,1-2H3,(H,20,21,22). The second-order valence-corrected chi connectivity index (χ2v) is 8.66. The molecule has 2 aromatic heterocycles. The molecule has 10 heteroatoms. The first-order valence-electron chi connectivity index (χ1n) is 10.6. The molecule has 0 spiro atoms. The number of aliphatic hydroxyl groups is 3. The molecule has 0 aromatic carbocycles. The van der Waals surface area contributed by atoms with Gasteiger partial charge in [0, 0.05) is 18.9 Å². The number of hydrogen-bond donors (Lipinski definition) is 4. The third-order valence-electron chi connectivity index (χ3n) is 5.38. The van der Waals surface area contributed by atoms with Crippen LogP contribution in [0.25, 0.3) is 11.2 Å². The molecule has 4 N–H and O–H groups in total. The highest BCUT2D eigenvalue weighted by atomic mass is 32.2. The average molecular weight is 425 g/mol. The number of aliphatic hydroxyl groups excluding tert-OH is 3. The van der Waals surface area contributed by atoms with Crippen molar-refractivity contribution in [2.24, 2.45) is 5.92 Å². The molecule has 0 saturated heterocycles. The van der Waals surface area contributed by atoms with Gasteiger partial charge in [0.15, 0.2) is 22.1 Å². The van der Waals surface area contributed by atoms with Gasteiger partial charge in [-0.15, -0.1) is 5.10 Å². The second kappa shape index (κ2) is 10.5. The molecule has 2 aromatic rings. The summed E-state index contributed by atoms with van der Waals surface area (Å²) >= 11 is 1.59. The second-order valence-electron chi connectivity index (χ2n) is 7.60. The largest absolute Gasteiger partial charge is 0.396 e. The Morgan fingerprint density at radius 2 is 1.97 bits per heavy atom. The van der Waals surface area contributed by atoms with Crippen LogP contribution in [0.4, 0.5) is 5.82 Å². The van der Waals surface area contributed by atoms with Crippen molar-refractivity contribution in [3.05, 3.63) is 0 Å². The lowest BCUT2D eigenvalue weighted by molar-refractivity contribution is 0.00263. The van der Waals surface area contributed by atoms with E-state index in [1.54, 1.807) is 16.4 Å². The molecule has 0 radical (unpaired) electrons. The van der Waals surface area contributed by atoms with Crippen LogP contribution in [0.2, 0.25) is 0 Å². The number of nitrogens with one attached hydrogen (secondary N) is 1. The summed E-state index contributed by atoms with van der Waals surface area (Å²) in [5, 5.41) is 42.8. The molecule has 9 nitrogen and oxygen atoms in total. The van der Waals surface area contributed by atoms with Crippen molar-refractivity contribution in [3.8, 4) is 0 Å². The third-order valence-corrected chi connectivity index (χ3v) is 6.43. The van der Waals surface area contributed by atoms with Gasteiger partial charge in [-0.3, -0.25) is 0 Å². The Morgan fingerprint density at radius 1 is 1.14 bits per heavy atom. The quantitative estimate of drug-likeness (QED) is 0.243. The van der Waals surface area contributed by atoms with Gasteiger partial charge in [0.2, 0.25) is 0 Å². The number of unbranched alkanes of at least 4 members (excludes halogenated alkanes) is 1. The van der Waals surface area contributed by atoms with Crippen molar-refractivity contribution in [1.82, 2.24) is 25.0 Å². The molecule has 1 aliphatic rings. The summed E-state index contributed by atoms with van der Waals surface area (Å²) in [5.41, 5.74) is 1.17. The van der Waals surface area contributed by atoms with E-state index in [0.29, 0.717) is 41.4 Å². The Kier molecular flexibility index (Phi) is 8.05. The summed E-state index contributed by atoms with van der Waals surface area (Å²) in [4.78, 5) is 9.29. The fourth-order valence-corrected chi connectivity index (χ4v) is 4.47. The molecule has 29 heavy (non-hydrogen) atoms. The average Bonchev–Trinajstić information content (AvgIpc) is 3.26. The van der Waals surface area contributed by atoms with Gasteiger partial charge in [0.25, 0.3) is 0 Å². The maximum atomic E-state index is 10.6. The zero-order valence-electron chi connectivity index (χ0n) is 17.2. The molecule has 4 unspecified atom stereocenters. The predicted molar refractivity (Wildman–Crippen MR) is 113 cm³/mol. The minimum atomic E-state index is -0.943. The summed E-state index contributed by atoms with van der Waals surface area (Å²) in [6.07, 6.45) is 3.16. The van der Waals surface area contributed by atoms with E-state index in [2.05, 4.69) is 39.4 Å². The minimum absolute atomic E-state index is 0.0776. The van der Waals surface area contributed by atoms with E-state index in [0.717, 1.165) is 31.6 Å². The van der Waals surface area contributed by atoms with Crippen molar-refractivity contribution < 1.29 is 15.3 Å². The van der Waals surface area contributed by atoms with Crippen LogP contribution >= 0.6 is 11.8 Å². The highest BCUT2D eigenvalue weighted by Crippen LogP contribution is 2.39. The molecule has 0 aliphatic heterocycles. The molecule has 0 amide bonds. The van der Waals surface area contributed by atoms with Crippen molar-refractivity contribution in [2.45, 2.75) is 75.8 Å². The summed E-state index contributed by atoms with van der Waals surface area (Å²) in [5.74, 6) is 1.49. The number of fused-ring (bicyclic) bond motifs is 1. The summed E-state index contributed by atoms with van der Waals surface area (Å²) in [7, 11) is 0. The molecule has 4 atom stereocenters. The van der Waals surface area contributed by atoms with E-state index in [1.807, 2.05) is 0 Å². The van der Waals surface area contributed by atoms with Crippen LogP contribution in [0.3, 0.4) is 0 Å².